The molecule has 4 N–H and O–H groups in total. The third kappa shape index (κ3) is 4.26. The summed E-state index contributed by atoms with van der Waals surface area (Å²) in [6, 6.07) is 11.4. The van der Waals surface area contributed by atoms with Crippen molar-refractivity contribution < 1.29 is 18.3 Å². The molecule has 0 unspecified atom stereocenters. The number of fused-ring (bicyclic) bond motifs is 1. The van der Waals surface area contributed by atoms with Crippen LogP contribution in [-0.4, -0.2) is 36.6 Å². The van der Waals surface area contributed by atoms with E-state index >= 15 is 0 Å². The van der Waals surface area contributed by atoms with E-state index in [2.05, 4.69) is 15.6 Å². The van der Waals surface area contributed by atoms with Crippen LogP contribution in [0.25, 0.3) is 22.3 Å². The molecule has 170 valence electrons. The van der Waals surface area contributed by atoms with Crippen LogP contribution in [0.2, 0.25) is 0 Å². The lowest BCUT2D eigenvalue weighted by molar-refractivity contribution is 0.0945. The van der Waals surface area contributed by atoms with Gasteiger partial charge in [-0.05, 0) is 67.3 Å². The Morgan fingerprint density at radius 2 is 1.82 bits per heavy atom. The highest BCUT2D eigenvalue weighted by Gasteiger charge is 2.22. The molecule has 3 aromatic rings. The number of rotatable bonds is 4. The van der Waals surface area contributed by atoms with E-state index in [9.17, 15) is 13.6 Å². The van der Waals surface area contributed by atoms with Crippen LogP contribution in [0.3, 0.4) is 0 Å². The summed E-state index contributed by atoms with van der Waals surface area (Å²) in [4.78, 5) is 15.8. The standard InChI is InChI=1S/C25H24F2N4O2/c26-22-12-19-15(7-9-30-25(19)32)10-20(22)21-11-18(23(27)31-24(21)28)14-3-5-16(6-4-14)33-17-2-1-8-29-13-17/h3-6,10-12,17,29H,1-2,7-9,13H2,(H2,28,31)(H,30,32)/t17-/m1/s1. The lowest BCUT2D eigenvalue weighted by Crippen LogP contribution is -2.37. The Kier molecular flexibility index (Phi) is 5.68. The van der Waals surface area contributed by atoms with Crippen LogP contribution in [0.1, 0.15) is 28.8 Å². The molecule has 2 aliphatic rings. The third-order valence-corrected chi connectivity index (χ3v) is 6.13. The first-order chi connectivity index (χ1) is 16.0. The fraction of sp³-hybridized carbons (Fsp3) is 0.280. The van der Waals surface area contributed by atoms with E-state index in [0.29, 0.717) is 29.8 Å². The molecule has 1 atom stereocenters. The zero-order valence-electron chi connectivity index (χ0n) is 18.0. The summed E-state index contributed by atoms with van der Waals surface area (Å²) in [5.41, 5.74) is 8.27. The second-order valence-electron chi connectivity index (χ2n) is 8.37. The Morgan fingerprint density at radius 1 is 1.00 bits per heavy atom. The van der Waals surface area contributed by atoms with Crippen LogP contribution in [0, 0.1) is 11.8 Å². The largest absolute Gasteiger partial charge is 0.489 e. The number of benzene rings is 2. The van der Waals surface area contributed by atoms with Crippen molar-refractivity contribution in [1.29, 1.82) is 0 Å². The van der Waals surface area contributed by atoms with Gasteiger partial charge in [0.25, 0.3) is 5.91 Å². The van der Waals surface area contributed by atoms with E-state index in [1.165, 1.54) is 12.1 Å². The van der Waals surface area contributed by atoms with Gasteiger partial charge >= 0.3 is 0 Å². The minimum absolute atomic E-state index is 0.111. The van der Waals surface area contributed by atoms with Gasteiger partial charge in [0.15, 0.2) is 0 Å². The first-order valence-electron chi connectivity index (χ1n) is 11.0. The van der Waals surface area contributed by atoms with Gasteiger partial charge in [-0.3, -0.25) is 4.79 Å². The molecule has 33 heavy (non-hydrogen) atoms. The Labute approximate surface area is 190 Å². The maximum Gasteiger partial charge on any atom is 0.251 e. The minimum Gasteiger partial charge on any atom is -0.489 e. The molecule has 0 bridgehead atoms. The van der Waals surface area contributed by atoms with E-state index in [4.69, 9.17) is 10.5 Å². The SMILES string of the molecule is Nc1nc(F)c(-c2ccc(O[C@@H]3CCCNC3)cc2)cc1-c1cc2c(cc1F)C(=O)NCC2. The first kappa shape index (κ1) is 21.3. The van der Waals surface area contributed by atoms with Crippen LogP contribution in [0.15, 0.2) is 42.5 Å². The number of amides is 1. The highest BCUT2D eigenvalue weighted by molar-refractivity contribution is 5.97. The normalized spacial score (nSPS) is 17.9. The Bertz CT molecular complexity index is 1210. The number of hydrogen-bond donors (Lipinski definition) is 3. The fourth-order valence-corrected chi connectivity index (χ4v) is 4.40. The number of ether oxygens (including phenoxy) is 1. The number of carbonyl (C=O) groups is 1. The summed E-state index contributed by atoms with van der Waals surface area (Å²) in [5.74, 6) is -1.06. The van der Waals surface area contributed by atoms with Crippen LogP contribution >= 0.6 is 0 Å². The van der Waals surface area contributed by atoms with Crippen molar-refractivity contribution >= 4 is 11.7 Å². The summed E-state index contributed by atoms with van der Waals surface area (Å²) in [7, 11) is 0. The number of piperidine rings is 1. The average Bonchev–Trinajstić information content (AvgIpc) is 2.81. The van der Waals surface area contributed by atoms with Gasteiger partial charge in [-0.2, -0.15) is 4.39 Å². The Hall–Kier alpha value is -3.52. The molecule has 1 saturated heterocycles. The molecule has 2 aromatic carbocycles. The quantitative estimate of drug-likeness (QED) is 0.528. The number of nitrogens with zero attached hydrogens (tertiary/aromatic N) is 1. The number of pyridine rings is 1. The minimum atomic E-state index is -0.737. The monoisotopic (exact) mass is 450 g/mol. The Morgan fingerprint density at radius 3 is 2.58 bits per heavy atom. The predicted octanol–water partition coefficient (Wildman–Crippen LogP) is 3.69. The predicted molar refractivity (Wildman–Crippen MR) is 122 cm³/mol. The molecular formula is C25H24F2N4O2. The van der Waals surface area contributed by atoms with E-state index in [-0.39, 0.29) is 34.5 Å². The van der Waals surface area contributed by atoms with Gasteiger partial charge in [0, 0.05) is 35.3 Å². The number of nitrogens with two attached hydrogens (primary N) is 1. The molecule has 1 fully saturated rings. The first-order valence-corrected chi connectivity index (χ1v) is 11.0. The topological polar surface area (TPSA) is 89.3 Å². The number of nitrogens with one attached hydrogen (secondary N) is 2. The molecular weight excluding hydrogens is 426 g/mol. The van der Waals surface area contributed by atoms with Gasteiger partial charge < -0.3 is 21.1 Å². The van der Waals surface area contributed by atoms with Crippen LogP contribution in [-0.2, 0) is 6.42 Å². The van der Waals surface area contributed by atoms with Gasteiger partial charge in [-0.15, -0.1) is 0 Å². The number of nitrogen functional groups attached to an aromatic ring is 1. The smallest absolute Gasteiger partial charge is 0.251 e. The van der Waals surface area contributed by atoms with E-state index in [1.54, 1.807) is 30.3 Å². The van der Waals surface area contributed by atoms with Gasteiger partial charge in [-0.25, -0.2) is 9.37 Å². The fourth-order valence-electron chi connectivity index (χ4n) is 4.40. The van der Waals surface area contributed by atoms with Crippen molar-refractivity contribution in [2.45, 2.75) is 25.4 Å². The van der Waals surface area contributed by atoms with Gasteiger partial charge in [0.05, 0.1) is 0 Å². The highest BCUT2D eigenvalue weighted by Crippen LogP contribution is 2.35. The molecule has 0 spiro atoms. The van der Waals surface area contributed by atoms with Gasteiger partial charge in [0.1, 0.15) is 23.5 Å². The number of aromatic nitrogens is 1. The summed E-state index contributed by atoms with van der Waals surface area (Å²) in [6.07, 6.45) is 2.74. The van der Waals surface area contributed by atoms with Crippen molar-refractivity contribution in [1.82, 2.24) is 15.6 Å². The molecule has 6 nitrogen and oxygen atoms in total. The highest BCUT2D eigenvalue weighted by atomic mass is 19.1. The molecule has 2 aliphatic heterocycles. The van der Waals surface area contributed by atoms with Gasteiger partial charge in [0.2, 0.25) is 5.95 Å². The number of hydrogen-bond acceptors (Lipinski definition) is 5. The van der Waals surface area contributed by atoms with Crippen LogP contribution < -0.4 is 21.1 Å². The van der Waals surface area contributed by atoms with Crippen LogP contribution in [0.5, 0.6) is 5.75 Å². The molecule has 0 saturated carbocycles. The molecule has 8 heteroatoms. The van der Waals surface area contributed by atoms with Crippen molar-refractivity contribution in [2.75, 3.05) is 25.4 Å². The summed E-state index contributed by atoms with van der Waals surface area (Å²) in [6.45, 7) is 2.28. The molecule has 3 heterocycles. The van der Waals surface area contributed by atoms with E-state index in [0.717, 1.165) is 31.5 Å². The second kappa shape index (κ2) is 8.78. The molecule has 5 rings (SSSR count). The molecule has 1 amide bonds. The van der Waals surface area contributed by atoms with Crippen molar-refractivity contribution in [3.05, 3.63) is 65.4 Å². The van der Waals surface area contributed by atoms with Crippen molar-refractivity contribution in [2.24, 2.45) is 0 Å². The number of anilines is 1. The Balaban J connectivity index is 1.48. The average molecular weight is 450 g/mol. The maximum atomic E-state index is 14.9. The number of halogens is 2. The molecule has 0 aliphatic carbocycles. The molecule has 0 radical (unpaired) electrons. The molecule has 1 aromatic heterocycles. The summed E-state index contributed by atoms with van der Waals surface area (Å²) >= 11 is 0. The van der Waals surface area contributed by atoms with Crippen molar-refractivity contribution in [3.8, 4) is 28.0 Å². The lowest BCUT2D eigenvalue weighted by Gasteiger charge is -2.24. The van der Waals surface area contributed by atoms with E-state index < -0.39 is 11.8 Å². The second-order valence-corrected chi connectivity index (χ2v) is 8.37. The number of carbonyl (C=O) groups excluding carboxylic acids is 1. The zero-order chi connectivity index (χ0) is 22.9. The maximum absolute atomic E-state index is 14.9. The van der Waals surface area contributed by atoms with Crippen LogP contribution in [0.4, 0.5) is 14.6 Å². The van der Waals surface area contributed by atoms with Crippen molar-refractivity contribution in [3.63, 3.8) is 0 Å². The summed E-state index contributed by atoms with van der Waals surface area (Å²) < 4.78 is 35.7. The lowest BCUT2D eigenvalue weighted by atomic mass is 9.93. The third-order valence-electron chi connectivity index (χ3n) is 6.13. The zero-order valence-corrected chi connectivity index (χ0v) is 18.0. The van der Waals surface area contributed by atoms with Gasteiger partial charge in [-0.1, -0.05) is 12.1 Å². The van der Waals surface area contributed by atoms with E-state index in [1.807, 2.05) is 0 Å². The summed E-state index contributed by atoms with van der Waals surface area (Å²) in [5, 5.41) is 6.00.